The molecule has 4 amide bonds. The van der Waals surface area contributed by atoms with Crippen molar-refractivity contribution in [3.63, 3.8) is 0 Å². The fourth-order valence-electron chi connectivity index (χ4n) is 7.06. The van der Waals surface area contributed by atoms with Crippen LogP contribution >= 0.6 is 12.0 Å². The van der Waals surface area contributed by atoms with Crippen molar-refractivity contribution in [1.82, 2.24) is 15.2 Å². The van der Waals surface area contributed by atoms with Crippen molar-refractivity contribution in [2.75, 3.05) is 25.5 Å². The monoisotopic (exact) mass is 752 g/mol. The zero-order chi connectivity index (χ0) is 38.2. The Morgan fingerprint density at radius 2 is 1.83 bits per heavy atom. The van der Waals surface area contributed by atoms with Crippen LogP contribution in [-0.2, 0) is 19.2 Å². The number of pyridine rings is 1. The van der Waals surface area contributed by atoms with Crippen molar-refractivity contribution in [3.8, 4) is 22.8 Å². The van der Waals surface area contributed by atoms with E-state index in [2.05, 4.69) is 16.4 Å². The smallest absolute Gasteiger partial charge is 0.317 e. The van der Waals surface area contributed by atoms with Crippen LogP contribution in [0.25, 0.3) is 22.2 Å². The summed E-state index contributed by atoms with van der Waals surface area (Å²) in [6, 6.07) is 23.6. The van der Waals surface area contributed by atoms with E-state index in [0.717, 1.165) is 29.5 Å². The normalized spacial score (nSPS) is 20.5. The number of para-hydroxylation sites is 1. The molecule has 1 saturated carbocycles. The molecule has 1 aliphatic heterocycles. The van der Waals surface area contributed by atoms with E-state index < -0.39 is 17.6 Å². The van der Waals surface area contributed by atoms with E-state index >= 15 is 0 Å². The van der Waals surface area contributed by atoms with E-state index in [1.807, 2.05) is 66.7 Å². The Morgan fingerprint density at radius 1 is 1.06 bits per heavy atom. The number of quaternary nitrogens is 1. The van der Waals surface area contributed by atoms with Gasteiger partial charge in [0.25, 0.3) is 0 Å². The van der Waals surface area contributed by atoms with Crippen LogP contribution in [0.1, 0.15) is 45.4 Å². The quantitative estimate of drug-likeness (QED) is 0.0656. The topological polar surface area (TPSA) is 175 Å². The van der Waals surface area contributed by atoms with Gasteiger partial charge in [-0.3, -0.25) is 20.1 Å². The minimum absolute atomic E-state index is 0.0560. The lowest BCUT2D eigenvalue weighted by Crippen LogP contribution is -2.63. The molecule has 12 nitrogen and oxygen atoms in total. The highest BCUT2D eigenvalue weighted by molar-refractivity contribution is 7.94. The highest BCUT2D eigenvalue weighted by Crippen LogP contribution is 2.52. The van der Waals surface area contributed by atoms with Gasteiger partial charge in [0.2, 0.25) is 17.7 Å². The van der Waals surface area contributed by atoms with E-state index in [4.69, 9.17) is 14.5 Å². The lowest BCUT2D eigenvalue weighted by molar-refractivity contribution is -0.313. The van der Waals surface area contributed by atoms with Crippen molar-refractivity contribution >= 4 is 52.3 Å². The number of amides is 4. The molecule has 13 heteroatoms. The summed E-state index contributed by atoms with van der Waals surface area (Å²) >= 11 is 0.595. The number of hydrogen-bond acceptors (Lipinski definition) is 9. The van der Waals surface area contributed by atoms with Gasteiger partial charge in [0.1, 0.15) is 29.1 Å². The molecule has 4 aromatic rings. The van der Waals surface area contributed by atoms with Gasteiger partial charge in [0, 0.05) is 61.4 Å². The average molecular weight is 753 g/mol. The van der Waals surface area contributed by atoms with Gasteiger partial charge in [-0.1, -0.05) is 54.6 Å². The lowest BCUT2D eigenvalue weighted by Gasteiger charge is -2.22. The van der Waals surface area contributed by atoms with Gasteiger partial charge >= 0.3 is 5.91 Å². The molecule has 1 aliphatic carbocycles. The molecule has 0 bridgehead atoms. The first kappa shape index (κ1) is 38.5. The molecule has 1 aromatic heterocycles. The molecule has 6 rings (SSSR count). The van der Waals surface area contributed by atoms with Gasteiger partial charge in [-0.15, -0.1) is 0 Å². The Hall–Kier alpha value is -5.24. The number of unbranched alkanes of at least 4 members (excludes halogenated alkanes) is 2. The summed E-state index contributed by atoms with van der Waals surface area (Å²) < 4.78 is 21.4. The lowest BCUT2D eigenvalue weighted by atomic mass is 10.0. The van der Waals surface area contributed by atoms with Crippen molar-refractivity contribution in [1.29, 1.82) is 0 Å². The third-order valence-corrected chi connectivity index (χ3v) is 10.8. The molecular weight excluding hydrogens is 707 g/mol. The van der Waals surface area contributed by atoms with Gasteiger partial charge in [0.15, 0.2) is 0 Å². The molecule has 1 saturated heterocycles. The molecule has 4 atom stereocenters. The number of carbonyl (C=O) groups is 4. The molecular formula is C41H46N5O7S+. The first-order valence-electron chi connectivity index (χ1n) is 18.1. The fourth-order valence-corrected chi connectivity index (χ4v) is 7.41. The Kier molecular flexibility index (Phi) is 12.3. The second kappa shape index (κ2) is 17.3. The van der Waals surface area contributed by atoms with E-state index in [-0.39, 0.29) is 49.1 Å². The summed E-state index contributed by atoms with van der Waals surface area (Å²) in [6.07, 6.45) is 6.99. The second-order valence-electron chi connectivity index (χ2n) is 13.8. The van der Waals surface area contributed by atoms with E-state index in [1.54, 1.807) is 31.4 Å². The molecule has 2 aliphatic rings. The summed E-state index contributed by atoms with van der Waals surface area (Å²) in [7, 11) is 1.60. The number of carbonyl (C=O) groups excluding carboxylic acids is 4. The van der Waals surface area contributed by atoms with Gasteiger partial charge in [0.05, 0.1) is 35.4 Å². The summed E-state index contributed by atoms with van der Waals surface area (Å²) in [6.45, 7) is 1.80. The van der Waals surface area contributed by atoms with Gasteiger partial charge in [-0.05, 0) is 55.9 Å². The van der Waals surface area contributed by atoms with Crippen molar-refractivity contribution in [3.05, 3.63) is 91.0 Å². The number of ether oxygens (including phenoxy) is 2. The van der Waals surface area contributed by atoms with Crippen LogP contribution in [0, 0.1) is 11.3 Å². The van der Waals surface area contributed by atoms with Crippen LogP contribution in [-0.4, -0.2) is 70.4 Å². The summed E-state index contributed by atoms with van der Waals surface area (Å²) in [5, 5.41) is 6.58. The number of fused-ring (bicyclic) bond motifs is 1. The van der Waals surface area contributed by atoms with Crippen LogP contribution in [0.2, 0.25) is 0 Å². The third kappa shape index (κ3) is 8.92. The number of aromatic nitrogens is 1. The Morgan fingerprint density at radius 3 is 2.57 bits per heavy atom. The molecule has 0 spiro atoms. The zero-order valence-electron chi connectivity index (χ0n) is 30.5. The number of likely N-dealkylation sites (tertiary alicyclic amines) is 1. The number of methoxy groups -OCH3 is 1. The number of rotatable bonds is 16. The molecule has 282 valence electrons. The fraction of sp³-hybridized carbons (Fsp3) is 0.341. The maximum absolute atomic E-state index is 13.6. The van der Waals surface area contributed by atoms with Crippen molar-refractivity contribution < 1.29 is 38.9 Å². The second-order valence-corrected chi connectivity index (χ2v) is 14.5. The summed E-state index contributed by atoms with van der Waals surface area (Å²) in [4.78, 5) is 58.5. The van der Waals surface area contributed by atoms with Crippen LogP contribution in [0.5, 0.6) is 11.5 Å². The Balaban J connectivity index is 1.03. The SMILES string of the molecule is COc1ccc2c(OC3CC(C(=O)NCC4(C([NH3+])=O)C[C@H]4/C=C/CCCCC(=O)Nc4ccccc4SO)N(C(C)=O)C3)cc(-c3ccccc3)nc2c1. The molecule has 6 N–H and O–H groups in total. The molecule has 54 heavy (non-hydrogen) atoms. The van der Waals surface area contributed by atoms with Gasteiger partial charge < -0.3 is 29.6 Å². The Bertz CT molecular complexity index is 2040. The summed E-state index contributed by atoms with van der Waals surface area (Å²) in [5.41, 5.74) is 5.84. The van der Waals surface area contributed by atoms with E-state index in [0.29, 0.717) is 58.9 Å². The van der Waals surface area contributed by atoms with Crippen LogP contribution in [0.15, 0.2) is 95.9 Å². The molecule has 2 fully saturated rings. The van der Waals surface area contributed by atoms with Crippen molar-refractivity contribution in [2.45, 2.75) is 62.5 Å². The van der Waals surface area contributed by atoms with Gasteiger partial charge in [-0.25, -0.2) is 9.78 Å². The number of benzene rings is 3. The number of nitrogens with one attached hydrogen (secondary N) is 2. The molecule has 2 heterocycles. The minimum Gasteiger partial charge on any atom is -0.497 e. The first-order chi connectivity index (χ1) is 26.1. The number of hydrogen-bond donors (Lipinski definition) is 4. The average Bonchev–Trinajstić information content (AvgIpc) is 3.74. The van der Waals surface area contributed by atoms with Crippen LogP contribution in [0.4, 0.5) is 5.69 Å². The molecule has 3 unspecified atom stereocenters. The molecule has 3 aromatic carbocycles. The maximum Gasteiger partial charge on any atom is 0.317 e. The number of allylic oxidation sites excluding steroid dienone is 2. The Labute approximate surface area is 318 Å². The van der Waals surface area contributed by atoms with Gasteiger partial charge in [-0.2, -0.15) is 0 Å². The van der Waals surface area contributed by atoms with E-state index in [9.17, 15) is 23.7 Å². The van der Waals surface area contributed by atoms with Crippen molar-refractivity contribution in [2.24, 2.45) is 11.3 Å². The number of anilines is 1. The first-order valence-corrected chi connectivity index (χ1v) is 18.9. The molecule has 0 radical (unpaired) electrons. The van der Waals surface area contributed by atoms with Crippen LogP contribution < -0.4 is 25.8 Å². The standard InChI is InChI=1S/C41H45N5O7S/c1-26(47)46-24-30(53-36-22-33(27-12-6-5-7-13-27)44-34-20-29(52-2)18-19-31(34)36)21-35(46)39(49)43-25-41(40(42)50)23-28(41)14-8-3-4-9-17-38(48)45-32-15-10-11-16-37(32)54-51/h5-8,10-16,18-20,22,28,30,35,51H,3-4,9,17,21,23-25H2,1-2H3,(H2,42,50)(H,43,49)(H,45,48)/p+1/b14-8+/t28-,30?,35?,41?/m1/s1. The predicted molar refractivity (Wildman–Crippen MR) is 207 cm³/mol. The van der Waals surface area contributed by atoms with Crippen LogP contribution in [0.3, 0.4) is 0 Å². The highest BCUT2D eigenvalue weighted by Gasteiger charge is 2.60. The summed E-state index contributed by atoms with van der Waals surface area (Å²) in [5.74, 6) is 0.277. The number of nitrogens with zero attached hydrogens (tertiary/aromatic N) is 2. The minimum atomic E-state index is -0.787. The zero-order valence-corrected chi connectivity index (χ0v) is 31.3. The maximum atomic E-state index is 13.6. The third-order valence-electron chi connectivity index (χ3n) is 10.2. The largest absolute Gasteiger partial charge is 0.497 e. The highest BCUT2D eigenvalue weighted by atomic mass is 32.2. The van der Waals surface area contributed by atoms with E-state index in [1.165, 1.54) is 11.8 Å². The predicted octanol–water partition coefficient (Wildman–Crippen LogP) is 5.49.